The number of non-ortho nitro benzene ring substituents is 1. The molecule has 2 aromatic rings. The molecule has 1 aliphatic rings. The zero-order valence-electron chi connectivity index (χ0n) is 9.78. The Hall–Kier alpha value is -2.85. The van der Waals surface area contributed by atoms with E-state index >= 15 is 0 Å². The quantitative estimate of drug-likeness (QED) is 0.385. The zero-order valence-corrected chi connectivity index (χ0v) is 9.78. The van der Waals surface area contributed by atoms with E-state index in [1.165, 1.54) is 12.1 Å². The number of nitrogens with one attached hydrogen (secondary N) is 1. The molecule has 6 heteroatoms. The Balaban J connectivity index is 2.28. The molecule has 0 amide bonds. The molecule has 0 saturated carbocycles. The molecule has 1 N–H and O–H groups in total. The third-order valence-electron chi connectivity index (χ3n) is 3.26. The Morgan fingerprint density at radius 3 is 2.63 bits per heavy atom. The van der Waals surface area contributed by atoms with Crippen molar-refractivity contribution in [3.8, 4) is 11.1 Å². The van der Waals surface area contributed by atoms with Crippen molar-refractivity contribution in [2.75, 3.05) is 0 Å². The fourth-order valence-corrected chi connectivity index (χ4v) is 2.47. The number of hydrogen-bond donors (Lipinski definition) is 1. The number of nitro groups is 1. The van der Waals surface area contributed by atoms with Crippen LogP contribution in [0.4, 0.5) is 5.69 Å². The summed E-state index contributed by atoms with van der Waals surface area (Å²) >= 11 is 0. The maximum Gasteiger partial charge on any atom is 0.269 e. The van der Waals surface area contributed by atoms with Gasteiger partial charge in [0.1, 0.15) is 10.6 Å². The molecule has 0 bridgehead atoms. The topological polar surface area (TPSA) is 93.5 Å². The molecule has 0 spiro atoms. The van der Waals surface area contributed by atoms with Crippen LogP contribution < -0.4 is 4.91 Å². The van der Waals surface area contributed by atoms with Gasteiger partial charge in [0.05, 0.1) is 4.92 Å². The van der Waals surface area contributed by atoms with Gasteiger partial charge >= 0.3 is 0 Å². The second kappa shape index (κ2) is 4.12. The van der Waals surface area contributed by atoms with E-state index in [9.17, 15) is 10.1 Å². The Bertz CT molecular complexity index is 735. The van der Waals surface area contributed by atoms with Crippen LogP contribution in [0.3, 0.4) is 0 Å². The molecule has 0 aliphatic heterocycles. The number of nitro benzene ring substituents is 1. The van der Waals surface area contributed by atoms with E-state index in [0.717, 1.165) is 22.3 Å². The highest BCUT2D eigenvalue weighted by Crippen LogP contribution is 2.46. The summed E-state index contributed by atoms with van der Waals surface area (Å²) in [5, 5.41) is 14.7. The Kier molecular flexibility index (Phi) is 2.44. The van der Waals surface area contributed by atoms with E-state index in [2.05, 4.69) is 10.0 Å². The second-order valence-corrected chi connectivity index (χ2v) is 4.23. The summed E-state index contributed by atoms with van der Waals surface area (Å²) in [6.45, 7) is 0. The molecule has 92 valence electrons. The smallest absolute Gasteiger partial charge is 0.258 e. The number of fused-ring (bicyclic) bond motifs is 3. The van der Waals surface area contributed by atoms with Crippen LogP contribution in [0.1, 0.15) is 17.2 Å². The first-order valence-electron chi connectivity index (χ1n) is 5.66. The molecule has 0 fully saturated rings. The van der Waals surface area contributed by atoms with Gasteiger partial charge in [-0.3, -0.25) is 10.1 Å². The summed E-state index contributed by atoms with van der Waals surface area (Å²) in [5.74, 6) is 0. The maximum atomic E-state index is 10.9. The summed E-state index contributed by atoms with van der Waals surface area (Å²) < 4.78 is 0. The van der Waals surface area contributed by atoms with Gasteiger partial charge in [0.25, 0.3) is 5.69 Å². The highest BCUT2D eigenvalue weighted by Gasteiger charge is 2.33. The van der Waals surface area contributed by atoms with Gasteiger partial charge in [0.2, 0.25) is 4.91 Å². The minimum absolute atomic E-state index is 0.0248. The van der Waals surface area contributed by atoms with Crippen LogP contribution >= 0.6 is 0 Å². The second-order valence-electron chi connectivity index (χ2n) is 4.23. The molecule has 0 radical (unpaired) electrons. The summed E-state index contributed by atoms with van der Waals surface area (Å²) in [4.78, 5) is 13.5. The van der Waals surface area contributed by atoms with Gasteiger partial charge in [-0.2, -0.15) is 0 Å². The van der Waals surface area contributed by atoms with Gasteiger partial charge in [-0.15, -0.1) is 0 Å². The molecule has 19 heavy (non-hydrogen) atoms. The predicted molar refractivity (Wildman–Crippen MR) is 67.7 cm³/mol. The van der Waals surface area contributed by atoms with Crippen LogP contribution in [0, 0.1) is 15.6 Å². The van der Waals surface area contributed by atoms with Gasteiger partial charge in [-0.25, -0.2) is 0 Å². The first kappa shape index (κ1) is 11.3. The van der Waals surface area contributed by atoms with Crippen molar-refractivity contribution in [1.82, 2.24) is 4.91 Å². The van der Waals surface area contributed by atoms with Crippen LogP contribution in [-0.4, -0.2) is 4.92 Å². The predicted octanol–water partition coefficient (Wildman–Crippen LogP) is 3.21. The molecule has 3 rings (SSSR count). The molecule has 1 atom stereocenters. The normalized spacial score (nSPS) is 15.3. The average molecular weight is 253 g/mol. The average Bonchev–Trinajstić information content (AvgIpc) is 2.74. The minimum Gasteiger partial charge on any atom is -0.258 e. The lowest BCUT2D eigenvalue weighted by Crippen LogP contribution is -1.94. The molecular weight excluding hydrogens is 244 g/mol. The van der Waals surface area contributed by atoms with Gasteiger partial charge in [-0.1, -0.05) is 24.3 Å². The van der Waals surface area contributed by atoms with E-state index in [1.54, 1.807) is 6.07 Å². The van der Waals surface area contributed by atoms with E-state index in [1.807, 2.05) is 24.3 Å². The lowest BCUT2D eigenvalue weighted by molar-refractivity contribution is -0.384. The van der Waals surface area contributed by atoms with E-state index in [4.69, 9.17) is 5.53 Å². The first-order valence-corrected chi connectivity index (χ1v) is 5.66. The van der Waals surface area contributed by atoms with Crippen molar-refractivity contribution in [2.45, 2.75) is 6.04 Å². The molecule has 0 aromatic heterocycles. The van der Waals surface area contributed by atoms with Crippen molar-refractivity contribution in [2.24, 2.45) is 5.11 Å². The Labute approximate surface area is 108 Å². The lowest BCUT2D eigenvalue weighted by Gasteiger charge is -2.00. The van der Waals surface area contributed by atoms with Gasteiger partial charge in [0.15, 0.2) is 6.04 Å². The largest absolute Gasteiger partial charge is 0.269 e. The molecule has 0 saturated heterocycles. The fraction of sp³-hybridized carbons (Fsp3) is 0.0769. The number of hydrogen-bond acceptors (Lipinski definition) is 4. The van der Waals surface area contributed by atoms with Crippen LogP contribution in [0.2, 0.25) is 0 Å². The number of rotatable bonds is 2. The van der Waals surface area contributed by atoms with E-state index in [0.29, 0.717) is 0 Å². The molecule has 2 aromatic carbocycles. The molecule has 6 nitrogen and oxygen atoms in total. The Morgan fingerprint density at radius 1 is 1.16 bits per heavy atom. The van der Waals surface area contributed by atoms with Crippen molar-refractivity contribution in [3.05, 3.63) is 63.7 Å². The van der Waals surface area contributed by atoms with Crippen LogP contribution in [0.5, 0.6) is 0 Å². The van der Waals surface area contributed by atoms with E-state index < -0.39 is 11.0 Å². The Morgan fingerprint density at radius 2 is 1.89 bits per heavy atom. The lowest BCUT2D eigenvalue weighted by atomic mass is 10.1. The maximum absolute atomic E-state index is 10.9. The van der Waals surface area contributed by atoms with E-state index in [-0.39, 0.29) is 5.69 Å². The third-order valence-corrected chi connectivity index (χ3v) is 3.26. The van der Waals surface area contributed by atoms with Gasteiger partial charge < -0.3 is 0 Å². The highest BCUT2D eigenvalue weighted by atomic mass is 16.6. The van der Waals surface area contributed by atoms with Crippen molar-refractivity contribution in [3.63, 3.8) is 0 Å². The van der Waals surface area contributed by atoms with Crippen molar-refractivity contribution >= 4 is 5.69 Å². The van der Waals surface area contributed by atoms with Crippen molar-refractivity contribution in [1.29, 1.82) is 5.53 Å². The third kappa shape index (κ3) is 1.63. The van der Waals surface area contributed by atoms with Crippen molar-refractivity contribution < 1.29 is 4.92 Å². The van der Waals surface area contributed by atoms with Gasteiger partial charge in [0, 0.05) is 17.7 Å². The number of benzene rings is 2. The van der Waals surface area contributed by atoms with Crippen LogP contribution in [0.25, 0.3) is 11.1 Å². The highest BCUT2D eigenvalue weighted by molar-refractivity contribution is 5.79. The standard InChI is InChI=1S/C13H9N4O2/c14-16-15-13-11-4-2-1-3-9(11)10-6-5-8(17(18)19)7-12(10)13/h1-7,13-14H/q+1. The molecule has 1 aliphatic carbocycles. The molecule has 0 heterocycles. The molecular formula is C13H9N4O2+. The molecule has 1 unspecified atom stereocenters. The summed E-state index contributed by atoms with van der Waals surface area (Å²) in [7, 11) is 0. The summed E-state index contributed by atoms with van der Waals surface area (Å²) in [6.07, 6.45) is 0. The van der Waals surface area contributed by atoms with Gasteiger partial charge in [-0.05, 0) is 22.8 Å². The van der Waals surface area contributed by atoms with Crippen LogP contribution in [0.15, 0.2) is 47.6 Å². The first-order chi connectivity index (χ1) is 9.22. The van der Waals surface area contributed by atoms with Crippen LogP contribution in [-0.2, 0) is 0 Å². The summed E-state index contributed by atoms with van der Waals surface area (Å²) in [5.41, 5.74) is 10.5. The minimum atomic E-state index is -0.432. The number of nitrogens with zero attached hydrogens (tertiary/aromatic N) is 3. The SMILES string of the molecule is N=[N+]=NC1c2ccccc2-c2ccc([N+](=O)[O-])cc21. The fourth-order valence-electron chi connectivity index (χ4n) is 2.47. The zero-order chi connectivity index (χ0) is 13.4. The summed E-state index contributed by atoms with van der Waals surface area (Å²) in [6, 6.07) is 11.9. The monoisotopic (exact) mass is 253 g/mol.